The van der Waals surface area contributed by atoms with E-state index < -0.39 is 17.5 Å². The van der Waals surface area contributed by atoms with E-state index in [1.54, 1.807) is 26.2 Å². The van der Waals surface area contributed by atoms with Crippen molar-refractivity contribution in [3.63, 3.8) is 0 Å². The Morgan fingerprint density at radius 2 is 2.04 bits per heavy atom. The van der Waals surface area contributed by atoms with Crippen LogP contribution in [0.1, 0.15) is 24.5 Å². The first-order valence-corrected chi connectivity index (χ1v) is 8.89. The molecule has 0 bridgehead atoms. The first-order chi connectivity index (χ1) is 12.7. The van der Waals surface area contributed by atoms with Gasteiger partial charge in [0.25, 0.3) is 5.91 Å². The minimum Gasteiger partial charge on any atom is -0.496 e. The van der Waals surface area contributed by atoms with Crippen LogP contribution in [0.4, 0.5) is 4.79 Å². The summed E-state index contributed by atoms with van der Waals surface area (Å²) < 4.78 is 5.24. The average molecular weight is 376 g/mol. The topological polar surface area (TPSA) is 91.0 Å². The maximum absolute atomic E-state index is 12.9. The Morgan fingerprint density at radius 1 is 1.33 bits per heavy atom. The fourth-order valence-corrected chi connectivity index (χ4v) is 3.05. The van der Waals surface area contributed by atoms with Crippen LogP contribution < -0.4 is 15.4 Å². The van der Waals surface area contributed by atoms with Crippen molar-refractivity contribution in [3.8, 4) is 5.75 Å². The van der Waals surface area contributed by atoms with Gasteiger partial charge >= 0.3 is 6.03 Å². The summed E-state index contributed by atoms with van der Waals surface area (Å²) in [5, 5.41) is 5.45. The van der Waals surface area contributed by atoms with Crippen molar-refractivity contribution in [2.45, 2.75) is 25.8 Å². The summed E-state index contributed by atoms with van der Waals surface area (Å²) in [5.41, 5.74) is 0.294. The lowest BCUT2D eigenvalue weighted by Gasteiger charge is -2.23. The van der Waals surface area contributed by atoms with Gasteiger partial charge in [0, 0.05) is 6.54 Å². The number of imide groups is 1. The van der Waals surface area contributed by atoms with Crippen molar-refractivity contribution in [2.24, 2.45) is 0 Å². The van der Waals surface area contributed by atoms with Crippen LogP contribution in [0.3, 0.4) is 0 Å². The zero-order chi connectivity index (χ0) is 20.2. The molecule has 8 heteroatoms. The highest BCUT2D eigenvalue weighted by molar-refractivity contribution is 6.09. The summed E-state index contributed by atoms with van der Waals surface area (Å²) in [4.78, 5) is 40.3. The van der Waals surface area contributed by atoms with Gasteiger partial charge in [-0.1, -0.05) is 6.07 Å². The van der Waals surface area contributed by atoms with E-state index in [0.29, 0.717) is 17.9 Å². The van der Waals surface area contributed by atoms with Gasteiger partial charge in [-0.3, -0.25) is 14.5 Å². The number of carbonyl (C=O) groups excluding carboxylic acids is 3. The number of nitrogens with zero attached hydrogens (tertiary/aromatic N) is 2. The largest absolute Gasteiger partial charge is 0.496 e. The van der Waals surface area contributed by atoms with Crippen LogP contribution in [0.5, 0.6) is 5.75 Å². The summed E-state index contributed by atoms with van der Waals surface area (Å²) in [6.45, 7) is 4.56. The molecule has 1 saturated heterocycles. The third-order valence-electron chi connectivity index (χ3n) is 4.65. The summed E-state index contributed by atoms with van der Waals surface area (Å²) in [7, 11) is 5.48. The first-order valence-electron chi connectivity index (χ1n) is 8.89. The summed E-state index contributed by atoms with van der Waals surface area (Å²) in [6, 6.07) is 4.74. The quantitative estimate of drug-likeness (QED) is 0.518. The number of hydrogen-bond acceptors (Lipinski definition) is 5. The molecular formula is C19H28N4O4. The Labute approximate surface area is 159 Å². The van der Waals surface area contributed by atoms with Crippen LogP contribution >= 0.6 is 0 Å². The van der Waals surface area contributed by atoms with Crippen molar-refractivity contribution in [1.82, 2.24) is 20.4 Å². The van der Waals surface area contributed by atoms with Crippen molar-refractivity contribution in [3.05, 3.63) is 29.3 Å². The van der Waals surface area contributed by atoms with Crippen LogP contribution in [-0.2, 0) is 15.1 Å². The molecule has 1 atom stereocenters. The van der Waals surface area contributed by atoms with Crippen molar-refractivity contribution >= 4 is 17.8 Å². The zero-order valence-corrected chi connectivity index (χ0v) is 16.6. The maximum atomic E-state index is 12.9. The van der Waals surface area contributed by atoms with Crippen LogP contribution in [0.25, 0.3) is 0 Å². The van der Waals surface area contributed by atoms with Crippen LogP contribution in [0, 0.1) is 6.92 Å². The van der Waals surface area contributed by atoms with Gasteiger partial charge in [-0.25, -0.2) is 4.79 Å². The van der Waals surface area contributed by atoms with E-state index in [9.17, 15) is 14.4 Å². The normalized spacial score (nSPS) is 19.4. The molecule has 0 spiro atoms. The van der Waals surface area contributed by atoms with E-state index in [-0.39, 0.29) is 12.5 Å². The predicted octanol–water partition coefficient (Wildman–Crippen LogP) is 0.839. The molecule has 1 aromatic carbocycles. The van der Waals surface area contributed by atoms with Crippen LogP contribution in [0.2, 0.25) is 0 Å². The fraction of sp³-hybridized carbons (Fsp3) is 0.526. The van der Waals surface area contributed by atoms with Gasteiger partial charge in [0.2, 0.25) is 5.91 Å². The number of carbonyl (C=O) groups is 3. The molecule has 1 aliphatic rings. The van der Waals surface area contributed by atoms with E-state index in [4.69, 9.17) is 4.74 Å². The average Bonchev–Trinajstić information content (AvgIpc) is 2.82. The Hall–Kier alpha value is -2.61. The minimum atomic E-state index is -1.21. The number of amides is 4. The van der Waals surface area contributed by atoms with Crippen molar-refractivity contribution < 1.29 is 19.1 Å². The summed E-state index contributed by atoms with van der Waals surface area (Å²) >= 11 is 0. The third-order valence-corrected chi connectivity index (χ3v) is 4.65. The zero-order valence-electron chi connectivity index (χ0n) is 16.6. The van der Waals surface area contributed by atoms with Gasteiger partial charge in [-0.15, -0.1) is 0 Å². The molecule has 2 rings (SSSR count). The predicted molar refractivity (Wildman–Crippen MR) is 102 cm³/mol. The maximum Gasteiger partial charge on any atom is 0.325 e. The minimum absolute atomic E-state index is 0.294. The van der Waals surface area contributed by atoms with Gasteiger partial charge in [0.1, 0.15) is 17.8 Å². The number of benzene rings is 1. The number of methoxy groups -OCH3 is 1. The van der Waals surface area contributed by atoms with Gasteiger partial charge in [-0.05, 0) is 64.2 Å². The van der Waals surface area contributed by atoms with Gasteiger partial charge in [-0.2, -0.15) is 0 Å². The second-order valence-electron chi connectivity index (χ2n) is 7.14. The Balaban J connectivity index is 2.05. The Morgan fingerprint density at radius 3 is 2.63 bits per heavy atom. The Bertz CT molecular complexity index is 734. The number of ether oxygens (including phenoxy) is 1. The number of nitrogens with one attached hydrogen (secondary N) is 2. The molecule has 0 aliphatic carbocycles. The molecule has 0 saturated carbocycles. The lowest BCUT2D eigenvalue weighted by molar-refractivity contribution is -0.134. The first kappa shape index (κ1) is 20.7. The van der Waals surface area contributed by atoms with E-state index in [2.05, 4.69) is 10.6 Å². The Kier molecular flexibility index (Phi) is 6.43. The molecule has 1 fully saturated rings. The van der Waals surface area contributed by atoms with E-state index in [1.807, 2.05) is 32.0 Å². The van der Waals surface area contributed by atoms with Gasteiger partial charge < -0.3 is 20.3 Å². The molecule has 4 amide bonds. The van der Waals surface area contributed by atoms with Crippen molar-refractivity contribution in [2.75, 3.05) is 40.8 Å². The van der Waals surface area contributed by atoms with Crippen LogP contribution in [-0.4, -0.2) is 68.5 Å². The molecule has 0 aromatic heterocycles. The monoisotopic (exact) mass is 376 g/mol. The molecule has 1 unspecified atom stereocenters. The molecule has 0 radical (unpaired) electrons. The molecule has 1 heterocycles. The highest BCUT2D eigenvalue weighted by atomic mass is 16.5. The molecule has 148 valence electrons. The fourth-order valence-electron chi connectivity index (χ4n) is 3.05. The number of rotatable bonds is 8. The second-order valence-corrected chi connectivity index (χ2v) is 7.14. The van der Waals surface area contributed by atoms with Crippen molar-refractivity contribution in [1.29, 1.82) is 0 Å². The SMILES string of the molecule is COc1ccc(C2(C)NC(=O)N(CC(=O)NCCCN(C)C)C2=O)cc1C. The summed E-state index contributed by atoms with van der Waals surface area (Å²) in [6.07, 6.45) is 0.793. The van der Waals surface area contributed by atoms with E-state index >= 15 is 0 Å². The molecular weight excluding hydrogens is 348 g/mol. The number of hydrogen-bond donors (Lipinski definition) is 2. The molecule has 1 aliphatic heterocycles. The molecule has 27 heavy (non-hydrogen) atoms. The van der Waals surface area contributed by atoms with Gasteiger partial charge in [0.05, 0.1) is 7.11 Å². The molecule has 8 nitrogen and oxygen atoms in total. The standard InChI is InChI=1S/C19H28N4O4/c1-13-11-14(7-8-15(13)27-5)19(2)17(25)23(18(26)21-19)12-16(24)20-9-6-10-22(3)4/h7-8,11H,6,9-10,12H2,1-5H3,(H,20,24)(H,21,26). The molecule has 2 N–H and O–H groups in total. The lowest BCUT2D eigenvalue weighted by atomic mass is 9.90. The van der Waals surface area contributed by atoms with Crippen LogP contribution in [0.15, 0.2) is 18.2 Å². The van der Waals surface area contributed by atoms with Gasteiger partial charge in [0.15, 0.2) is 0 Å². The second kappa shape index (κ2) is 8.39. The number of aryl methyl sites for hydroxylation is 1. The number of urea groups is 1. The smallest absolute Gasteiger partial charge is 0.325 e. The lowest BCUT2D eigenvalue weighted by Crippen LogP contribution is -2.43. The highest BCUT2D eigenvalue weighted by Crippen LogP contribution is 2.31. The highest BCUT2D eigenvalue weighted by Gasteiger charge is 2.49. The molecule has 1 aromatic rings. The summed E-state index contributed by atoms with van der Waals surface area (Å²) in [5.74, 6) is -0.0963. The van der Waals surface area contributed by atoms with E-state index in [1.165, 1.54) is 0 Å². The van der Waals surface area contributed by atoms with E-state index in [0.717, 1.165) is 23.4 Å². The third kappa shape index (κ3) is 4.57.